The molecule has 7 nitrogen and oxygen atoms in total. The van der Waals surface area contributed by atoms with Crippen LogP contribution in [-0.2, 0) is 6.61 Å². The minimum absolute atomic E-state index is 0.122. The summed E-state index contributed by atoms with van der Waals surface area (Å²) in [6.07, 6.45) is 0. The van der Waals surface area contributed by atoms with Crippen molar-refractivity contribution in [1.29, 1.82) is 5.26 Å². The molecule has 0 amide bonds. The van der Waals surface area contributed by atoms with Gasteiger partial charge in [0.05, 0.1) is 31.4 Å². The summed E-state index contributed by atoms with van der Waals surface area (Å²) in [7, 11) is 3.15. The van der Waals surface area contributed by atoms with E-state index in [1.807, 2.05) is 0 Å². The number of hydrogen-bond donors (Lipinski definition) is 0. The topological polar surface area (TPSA) is 90.4 Å². The molecule has 0 aliphatic rings. The summed E-state index contributed by atoms with van der Waals surface area (Å²) in [5.41, 5.74) is 1.26. The average molecular weight is 337 g/mol. The van der Waals surface area contributed by atoms with Crippen molar-refractivity contribution in [2.75, 3.05) is 14.2 Å². The molecular weight excluding hydrogens is 322 g/mol. The van der Waals surface area contributed by atoms with E-state index in [0.717, 1.165) is 0 Å². The molecule has 3 rings (SSSR count). The van der Waals surface area contributed by atoms with Gasteiger partial charge < -0.3 is 18.7 Å². The lowest BCUT2D eigenvalue weighted by Gasteiger charge is -2.07. The third-order valence-electron chi connectivity index (χ3n) is 3.46. The second-order valence-electron chi connectivity index (χ2n) is 5.00. The maximum Gasteiger partial charge on any atom is 0.264 e. The normalized spacial score (nSPS) is 10.1. The Kier molecular flexibility index (Phi) is 4.81. The lowest BCUT2D eigenvalue weighted by atomic mass is 10.2. The zero-order valence-corrected chi connectivity index (χ0v) is 13.7. The molecule has 0 spiro atoms. The van der Waals surface area contributed by atoms with Gasteiger partial charge in [0.15, 0.2) is 6.61 Å². The molecule has 0 saturated carbocycles. The number of hydrogen-bond acceptors (Lipinski definition) is 7. The molecule has 3 aromatic rings. The molecule has 0 bridgehead atoms. The van der Waals surface area contributed by atoms with Crippen LogP contribution in [0, 0.1) is 11.3 Å². The van der Waals surface area contributed by atoms with Crippen LogP contribution < -0.4 is 14.2 Å². The van der Waals surface area contributed by atoms with Gasteiger partial charge in [0.2, 0.25) is 5.82 Å². The quantitative estimate of drug-likeness (QED) is 0.682. The molecule has 0 fully saturated rings. The minimum atomic E-state index is 0.122. The Hall–Kier alpha value is -3.53. The molecule has 7 heteroatoms. The monoisotopic (exact) mass is 337 g/mol. The number of aromatic nitrogens is 2. The van der Waals surface area contributed by atoms with E-state index in [9.17, 15) is 0 Å². The van der Waals surface area contributed by atoms with E-state index in [-0.39, 0.29) is 6.61 Å². The summed E-state index contributed by atoms with van der Waals surface area (Å²) in [5, 5.41) is 12.7. The molecule has 0 N–H and O–H groups in total. The van der Waals surface area contributed by atoms with E-state index in [1.54, 1.807) is 56.7 Å². The SMILES string of the molecule is COc1ccc(-c2noc(COc3ccc(C#N)cc3)n2)c(OC)c1. The van der Waals surface area contributed by atoms with Crippen molar-refractivity contribution in [3.05, 3.63) is 53.9 Å². The van der Waals surface area contributed by atoms with Crippen molar-refractivity contribution in [2.45, 2.75) is 6.61 Å². The van der Waals surface area contributed by atoms with Gasteiger partial charge in [-0.2, -0.15) is 10.2 Å². The molecular formula is C18H15N3O4. The van der Waals surface area contributed by atoms with Gasteiger partial charge in [-0.05, 0) is 36.4 Å². The van der Waals surface area contributed by atoms with Gasteiger partial charge in [-0.3, -0.25) is 0 Å². The Morgan fingerprint density at radius 2 is 1.80 bits per heavy atom. The summed E-state index contributed by atoms with van der Waals surface area (Å²) in [5.74, 6) is 2.60. The highest BCUT2D eigenvalue weighted by Gasteiger charge is 2.14. The Balaban J connectivity index is 1.73. The van der Waals surface area contributed by atoms with Gasteiger partial charge >= 0.3 is 0 Å². The number of rotatable bonds is 6. The number of benzene rings is 2. The molecule has 0 aliphatic heterocycles. The van der Waals surface area contributed by atoms with Crippen LogP contribution in [0.25, 0.3) is 11.4 Å². The molecule has 1 aromatic heterocycles. The van der Waals surface area contributed by atoms with Crippen LogP contribution in [-0.4, -0.2) is 24.4 Å². The zero-order chi connectivity index (χ0) is 17.6. The first-order valence-corrected chi connectivity index (χ1v) is 7.41. The Labute approximate surface area is 144 Å². The molecule has 0 atom stereocenters. The maximum absolute atomic E-state index is 8.78. The molecule has 2 aromatic carbocycles. The lowest BCUT2D eigenvalue weighted by Crippen LogP contribution is -1.96. The van der Waals surface area contributed by atoms with Crippen LogP contribution in [0.1, 0.15) is 11.5 Å². The maximum atomic E-state index is 8.78. The second kappa shape index (κ2) is 7.36. The number of nitriles is 1. The van der Waals surface area contributed by atoms with Crippen molar-refractivity contribution in [1.82, 2.24) is 10.1 Å². The fourth-order valence-corrected chi connectivity index (χ4v) is 2.18. The fraction of sp³-hybridized carbons (Fsp3) is 0.167. The zero-order valence-electron chi connectivity index (χ0n) is 13.7. The van der Waals surface area contributed by atoms with E-state index in [1.165, 1.54) is 0 Å². The van der Waals surface area contributed by atoms with Gasteiger partial charge in [0.1, 0.15) is 17.2 Å². The van der Waals surface area contributed by atoms with E-state index >= 15 is 0 Å². The number of ether oxygens (including phenoxy) is 3. The molecule has 0 radical (unpaired) electrons. The van der Waals surface area contributed by atoms with E-state index < -0.39 is 0 Å². The molecule has 0 saturated heterocycles. The van der Waals surface area contributed by atoms with Crippen LogP contribution in [0.3, 0.4) is 0 Å². The van der Waals surface area contributed by atoms with Crippen LogP contribution in [0.2, 0.25) is 0 Å². The lowest BCUT2D eigenvalue weighted by molar-refractivity contribution is 0.243. The molecule has 126 valence electrons. The Bertz CT molecular complexity index is 897. The third-order valence-corrected chi connectivity index (χ3v) is 3.46. The summed E-state index contributed by atoms with van der Waals surface area (Å²) in [6, 6.07) is 14.2. The summed E-state index contributed by atoms with van der Waals surface area (Å²) >= 11 is 0. The predicted octanol–water partition coefficient (Wildman–Crippen LogP) is 3.20. The van der Waals surface area contributed by atoms with Crippen LogP contribution in [0.15, 0.2) is 47.0 Å². The van der Waals surface area contributed by atoms with Crippen molar-refractivity contribution in [3.63, 3.8) is 0 Å². The highest BCUT2D eigenvalue weighted by Crippen LogP contribution is 2.31. The molecule has 0 unspecified atom stereocenters. The van der Waals surface area contributed by atoms with Gasteiger partial charge in [-0.25, -0.2) is 0 Å². The largest absolute Gasteiger partial charge is 0.497 e. The highest BCUT2D eigenvalue weighted by atomic mass is 16.5. The fourth-order valence-electron chi connectivity index (χ4n) is 2.18. The number of nitrogens with zero attached hydrogens (tertiary/aromatic N) is 3. The molecule has 25 heavy (non-hydrogen) atoms. The summed E-state index contributed by atoms with van der Waals surface area (Å²) in [4.78, 5) is 4.32. The van der Waals surface area contributed by atoms with Crippen LogP contribution >= 0.6 is 0 Å². The van der Waals surface area contributed by atoms with Crippen LogP contribution in [0.4, 0.5) is 0 Å². The summed E-state index contributed by atoms with van der Waals surface area (Å²) < 4.78 is 21.3. The molecule has 0 aliphatic carbocycles. The van der Waals surface area contributed by atoms with Crippen LogP contribution in [0.5, 0.6) is 17.2 Å². The van der Waals surface area contributed by atoms with Gasteiger partial charge in [-0.15, -0.1) is 0 Å². The van der Waals surface area contributed by atoms with Crippen molar-refractivity contribution in [2.24, 2.45) is 0 Å². The standard InChI is InChI=1S/C18H15N3O4/c1-22-14-7-8-15(16(9-14)23-2)18-20-17(25-21-18)11-24-13-5-3-12(10-19)4-6-13/h3-9H,11H2,1-2H3. The first kappa shape index (κ1) is 16.3. The van der Waals surface area contributed by atoms with E-state index in [4.69, 9.17) is 24.0 Å². The average Bonchev–Trinajstić information content (AvgIpc) is 3.15. The van der Waals surface area contributed by atoms with Crippen molar-refractivity contribution >= 4 is 0 Å². The van der Waals surface area contributed by atoms with Crippen molar-refractivity contribution < 1.29 is 18.7 Å². The van der Waals surface area contributed by atoms with Crippen molar-refractivity contribution in [3.8, 4) is 34.7 Å². The Morgan fingerprint density at radius 3 is 2.48 bits per heavy atom. The van der Waals surface area contributed by atoms with Gasteiger partial charge in [0.25, 0.3) is 5.89 Å². The highest BCUT2D eigenvalue weighted by molar-refractivity contribution is 5.65. The van der Waals surface area contributed by atoms with Gasteiger partial charge in [-0.1, -0.05) is 5.16 Å². The van der Waals surface area contributed by atoms with E-state index in [0.29, 0.717) is 40.1 Å². The first-order valence-electron chi connectivity index (χ1n) is 7.41. The predicted molar refractivity (Wildman–Crippen MR) is 88.3 cm³/mol. The Morgan fingerprint density at radius 1 is 1.04 bits per heavy atom. The second-order valence-corrected chi connectivity index (χ2v) is 5.00. The van der Waals surface area contributed by atoms with E-state index in [2.05, 4.69) is 16.2 Å². The minimum Gasteiger partial charge on any atom is -0.497 e. The number of methoxy groups -OCH3 is 2. The van der Waals surface area contributed by atoms with Gasteiger partial charge in [0, 0.05) is 6.07 Å². The third kappa shape index (κ3) is 3.70. The molecule has 1 heterocycles. The summed E-state index contributed by atoms with van der Waals surface area (Å²) in [6.45, 7) is 0.122. The smallest absolute Gasteiger partial charge is 0.264 e. The first-order chi connectivity index (χ1) is 12.2.